The van der Waals surface area contributed by atoms with Crippen LogP contribution in [0.4, 0.5) is 5.69 Å². The van der Waals surface area contributed by atoms with Gasteiger partial charge in [0.1, 0.15) is 9.88 Å². The third-order valence-corrected chi connectivity index (χ3v) is 5.22. The van der Waals surface area contributed by atoms with Crippen LogP contribution in [0.15, 0.2) is 48.5 Å². The van der Waals surface area contributed by atoms with Crippen LogP contribution in [-0.4, -0.2) is 24.0 Å². The van der Waals surface area contributed by atoms with Gasteiger partial charge in [-0.05, 0) is 31.5 Å². The van der Waals surface area contributed by atoms with E-state index in [1.807, 2.05) is 37.3 Å². The first-order valence-corrected chi connectivity index (χ1v) is 8.85. The van der Waals surface area contributed by atoms with Gasteiger partial charge in [0.25, 0.3) is 5.91 Å². The number of thiazole rings is 1. The predicted octanol–water partition coefficient (Wildman–Crippen LogP) is 4.47. The van der Waals surface area contributed by atoms with Crippen molar-refractivity contribution in [1.29, 1.82) is 0 Å². The van der Waals surface area contributed by atoms with Crippen molar-refractivity contribution < 1.29 is 14.3 Å². The Hall–Kier alpha value is -2.99. The van der Waals surface area contributed by atoms with Gasteiger partial charge in [-0.1, -0.05) is 36.4 Å². The number of carbonyl (C=O) groups is 2. The maximum absolute atomic E-state index is 12.7. The van der Waals surface area contributed by atoms with E-state index in [-0.39, 0.29) is 5.91 Å². The molecule has 0 atom stereocenters. The first kappa shape index (κ1) is 17.8. The molecule has 0 aliphatic heterocycles. The van der Waals surface area contributed by atoms with Gasteiger partial charge in [0.05, 0.1) is 18.4 Å². The second kappa shape index (κ2) is 7.49. The fourth-order valence-electron chi connectivity index (χ4n) is 2.59. The van der Waals surface area contributed by atoms with E-state index in [2.05, 4.69) is 10.3 Å². The Balaban J connectivity index is 1.88. The number of amides is 1. The number of rotatable bonds is 4. The topological polar surface area (TPSA) is 68.3 Å². The smallest absolute Gasteiger partial charge is 0.338 e. The molecule has 0 saturated heterocycles. The van der Waals surface area contributed by atoms with Crippen molar-refractivity contribution in [3.05, 3.63) is 70.2 Å². The van der Waals surface area contributed by atoms with Crippen molar-refractivity contribution in [1.82, 2.24) is 4.98 Å². The zero-order chi connectivity index (χ0) is 18.7. The van der Waals surface area contributed by atoms with Crippen LogP contribution in [-0.2, 0) is 4.74 Å². The fraction of sp³-hybridized carbons (Fsp3) is 0.150. The summed E-state index contributed by atoms with van der Waals surface area (Å²) < 4.78 is 4.77. The lowest BCUT2D eigenvalue weighted by molar-refractivity contribution is 0.0599. The first-order valence-electron chi connectivity index (χ1n) is 8.03. The van der Waals surface area contributed by atoms with Gasteiger partial charge in [-0.2, -0.15) is 0 Å². The van der Waals surface area contributed by atoms with E-state index < -0.39 is 5.97 Å². The summed E-state index contributed by atoms with van der Waals surface area (Å²) in [6, 6.07) is 14.9. The number of aryl methyl sites for hydroxylation is 1. The van der Waals surface area contributed by atoms with Gasteiger partial charge in [-0.15, -0.1) is 11.3 Å². The molecule has 0 unspecified atom stereocenters. The molecule has 0 saturated carbocycles. The van der Waals surface area contributed by atoms with Crippen LogP contribution in [0.25, 0.3) is 10.6 Å². The van der Waals surface area contributed by atoms with Gasteiger partial charge in [-0.25, -0.2) is 9.78 Å². The van der Waals surface area contributed by atoms with Gasteiger partial charge < -0.3 is 10.1 Å². The van der Waals surface area contributed by atoms with Crippen LogP contribution in [0.2, 0.25) is 0 Å². The van der Waals surface area contributed by atoms with Gasteiger partial charge >= 0.3 is 5.97 Å². The van der Waals surface area contributed by atoms with E-state index in [0.717, 1.165) is 10.6 Å². The zero-order valence-electron chi connectivity index (χ0n) is 14.7. The van der Waals surface area contributed by atoms with Crippen molar-refractivity contribution >= 4 is 28.9 Å². The number of anilines is 1. The molecule has 3 aromatic rings. The molecule has 1 heterocycles. The number of carbonyl (C=O) groups excluding carboxylic acids is 2. The second-order valence-corrected chi connectivity index (χ2v) is 6.72. The van der Waals surface area contributed by atoms with Gasteiger partial charge in [-0.3, -0.25) is 4.79 Å². The average molecular weight is 366 g/mol. The van der Waals surface area contributed by atoms with E-state index in [1.165, 1.54) is 18.4 Å². The van der Waals surface area contributed by atoms with Crippen molar-refractivity contribution in [3.8, 4) is 10.6 Å². The van der Waals surface area contributed by atoms with Crippen molar-refractivity contribution in [2.24, 2.45) is 0 Å². The minimum Gasteiger partial charge on any atom is -0.465 e. The minimum atomic E-state index is -0.432. The zero-order valence-corrected chi connectivity index (χ0v) is 15.5. The monoisotopic (exact) mass is 366 g/mol. The molecular formula is C20H18N2O3S. The van der Waals surface area contributed by atoms with Crippen LogP contribution in [0, 0.1) is 13.8 Å². The molecule has 26 heavy (non-hydrogen) atoms. The van der Waals surface area contributed by atoms with Crippen molar-refractivity contribution in [2.45, 2.75) is 13.8 Å². The quantitative estimate of drug-likeness (QED) is 0.692. The molecule has 0 bridgehead atoms. The maximum Gasteiger partial charge on any atom is 0.338 e. The molecule has 3 rings (SSSR count). The first-order chi connectivity index (χ1) is 12.5. The van der Waals surface area contributed by atoms with Crippen LogP contribution < -0.4 is 5.32 Å². The van der Waals surface area contributed by atoms with Crippen molar-refractivity contribution in [2.75, 3.05) is 12.4 Å². The number of hydrogen-bond acceptors (Lipinski definition) is 5. The van der Waals surface area contributed by atoms with Crippen molar-refractivity contribution in [3.63, 3.8) is 0 Å². The summed E-state index contributed by atoms with van der Waals surface area (Å²) in [6.07, 6.45) is 0. The molecule has 0 spiro atoms. The predicted molar refractivity (Wildman–Crippen MR) is 103 cm³/mol. The molecule has 6 heteroatoms. The summed E-state index contributed by atoms with van der Waals surface area (Å²) in [5, 5.41) is 3.67. The highest BCUT2D eigenvalue weighted by Gasteiger charge is 2.18. The van der Waals surface area contributed by atoms with E-state index in [4.69, 9.17) is 4.74 Å². The van der Waals surface area contributed by atoms with Gasteiger partial charge in [0.2, 0.25) is 0 Å². The van der Waals surface area contributed by atoms with Crippen LogP contribution in [0.5, 0.6) is 0 Å². The summed E-state index contributed by atoms with van der Waals surface area (Å²) in [4.78, 5) is 29.6. The van der Waals surface area contributed by atoms with Gasteiger partial charge in [0, 0.05) is 11.3 Å². The summed E-state index contributed by atoms with van der Waals surface area (Å²) in [7, 11) is 1.33. The summed E-state index contributed by atoms with van der Waals surface area (Å²) >= 11 is 1.35. The third kappa shape index (κ3) is 3.50. The standard InChI is InChI=1S/C20H18N2O3S/c1-12-15(20(24)25-3)10-7-11-16(12)22-18(23)17-13(2)21-19(26-17)14-8-5-4-6-9-14/h4-11H,1-3H3,(H,22,23). The van der Waals surface area contributed by atoms with Crippen LogP contribution in [0.3, 0.4) is 0 Å². The summed E-state index contributed by atoms with van der Waals surface area (Å²) in [5.41, 5.74) is 3.32. The molecule has 1 aromatic heterocycles. The number of benzene rings is 2. The normalized spacial score (nSPS) is 10.4. The Morgan fingerprint density at radius 1 is 1.04 bits per heavy atom. The lowest BCUT2D eigenvalue weighted by Gasteiger charge is -2.11. The molecule has 0 fully saturated rings. The molecular weight excluding hydrogens is 348 g/mol. The number of methoxy groups -OCH3 is 1. The summed E-state index contributed by atoms with van der Waals surface area (Å²) in [6.45, 7) is 3.59. The molecule has 1 amide bonds. The lowest BCUT2D eigenvalue weighted by atomic mass is 10.1. The van der Waals surface area contributed by atoms with Crippen LogP contribution >= 0.6 is 11.3 Å². The molecule has 1 N–H and O–H groups in total. The van der Waals surface area contributed by atoms with E-state index >= 15 is 0 Å². The summed E-state index contributed by atoms with van der Waals surface area (Å²) in [5.74, 6) is -0.675. The van der Waals surface area contributed by atoms with E-state index in [0.29, 0.717) is 27.4 Å². The second-order valence-electron chi connectivity index (χ2n) is 5.72. The largest absolute Gasteiger partial charge is 0.465 e. The average Bonchev–Trinajstić information content (AvgIpc) is 3.05. The van der Waals surface area contributed by atoms with Crippen LogP contribution in [0.1, 0.15) is 31.3 Å². The number of nitrogens with zero attached hydrogens (tertiary/aromatic N) is 1. The fourth-order valence-corrected chi connectivity index (χ4v) is 3.56. The molecule has 0 aliphatic carbocycles. The number of hydrogen-bond donors (Lipinski definition) is 1. The Kier molecular flexibility index (Phi) is 5.14. The SMILES string of the molecule is COC(=O)c1cccc(NC(=O)c2sc(-c3ccccc3)nc2C)c1C. The Labute approximate surface area is 155 Å². The number of aromatic nitrogens is 1. The number of esters is 1. The minimum absolute atomic E-state index is 0.243. The third-order valence-electron chi connectivity index (χ3n) is 4.01. The Morgan fingerprint density at radius 3 is 2.46 bits per heavy atom. The lowest BCUT2D eigenvalue weighted by Crippen LogP contribution is -2.14. The number of nitrogens with one attached hydrogen (secondary N) is 1. The highest BCUT2D eigenvalue weighted by atomic mass is 32.1. The van der Waals surface area contributed by atoms with E-state index in [1.54, 1.807) is 25.1 Å². The molecule has 0 aliphatic rings. The van der Waals surface area contributed by atoms with Gasteiger partial charge in [0.15, 0.2) is 0 Å². The molecule has 5 nitrogen and oxygen atoms in total. The highest BCUT2D eigenvalue weighted by Crippen LogP contribution is 2.29. The molecule has 132 valence electrons. The Morgan fingerprint density at radius 2 is 1.77 bits per heavy atom. The highest BCUT2D eigenvalue weighted by molar-refractivity contribution is 7.17. The molecule has 0 radical (unpaired) electrons. The molecule has 2 aromatic carbocycles. The number of ether oxygens (including phenoxy) is 1. The van der Waals surface area contributed by atoms with E-state index in [9.17, 15) is 9.59 Å². The maximum atomic E-state index is 12.7. The Bertz CT molecular complexity index is 964.